The molecule has 4 rings (SSSR count). The van der Waals surface area contributed by atoms with Crippen LogP contribution in [0.2, 0.25) is 0 Å². The van der Waals surface area contributed by atoms with Gasteiger partial charge in [-0.1, -0.05) is 19.1 Å². The SMILES string of the molecule is CCC(Cc1ccc(-n2ccc(N)nc2=O)cc1)N1C[C@@H]2[C@@H](CN)[C@@H]2C1. The zero-order valence-electron chi connectivity index (χ0n) is 15.2. The van der Waals surface area contributed by atoms with Gasteiger partial charge in [0.05, 0.1) is 5.69 Å². The van der Waals surface area contributed by atoms with E-state index in [4.69, 9.17) is 11.5 Å². The fraction of sp³-hybridized carbons (Fsp3) is 0.500. The third kappa shape index (κ3) is 3.15. The average Bonchev–Trinajstić information content (AvgIpc) is 3.11. The molecule has 2 heterocycles. The molecular formula is C20H27N5O. The maximum Gasteiger partial charge on any atom is 0.354 e. The summed E-state index contributed by atoms with van der Waals surface area (Å²) in [6, 6.07) is 10.4. The normalized spacial score (nSPS) is 25.8. The molecule has 4 N–H and O–H groups in total. The first-order valence-electron chi connectivity index (χ1n) is 9.49. The van der Waals surface area contributed by atoms with Crippen LogP contribution >= 0.6 is 0 Å². The average molecular weight is 353 g/mol. The van der Waals surface area contributed by atoms with Gasteiger partial charge in [-0.2, -0.15) is 4.98 Å². The molecule has 1 aromatic carbocycles. The minimum absolute atomic E-state index is 0.245. The summed E-state index contributed by atoms with van der Waals surface area (Å²) < 4.78 is 1.51. The Labute approximate surface area is 153 Å². The van der Waals surface area contributed by atoms with E-state index in [1.807, 2.05) is 12.1 Å². The standard InChI is InChI=1S/C20H27N5O/c1-2-14(24-11-17-16(10-21)18(17)12-24)9-13-3-5-15(6-4-13)25-8-7-19(22)23-20(25)26/h3-8,14,16-18H,2,9-12,21H2,1H3,(H2,22,23,26)/t14?,16-,17-,18+. The Morgan fingerprint density at radius 2 is 1.88 bits per heavy atom. The lowest BCUT2D eigenvalue weighted by atomic mass is 10.0. The number of likely N-dealkylation sites (tertiary alicyclic amines) is 1. The van der Waals surface area contributed by atoms with Crippen molar-refractivity contribution in [2.24, 2.45) is 23.5 Å². The van der Waals surface area contributed by atoms with E-state index in [9.17, 15) is 4.79 Å². The van der Waals surface area contributed by atoms with Gasteiger partial charge in [0.25, 0.3) is 0 Å². The van der Waals surface area contributed by atoms with Gasteiger partial charge in [0.15, 0.2) is 0 Å². The van der Waals surface area contributed by atoms with Gasteiger partial charge < -0.3 is 11.5 Å². The second-order valence-electron chi connectivity index (χ2n) is 7.62. The molecule has 1 saturated heterocycles. The molecule has 0 amide bonds. The largest absolute Gasteiger partial charge is 0.383 e. The number of fused-ring (bicyclic) bond motifs is 1. The Kier molecular flexibility index (Phi) is 4.54. The highest BCUT2D eigenvalue weighted by molar-refractivity contribution is 5.36. The number of aromatic nitrogens is 2. The van der Waals surface area contributed by atoms with Gasteiger partial charge in [0.1, 0.15) is 5.82 Å². The van der Waals surface area contributed by atoms with E-state index in [2.05, 4.69) is 28.9 Å². The molecule has 6 heteroatoms. The van der Waals surface area contributed by atoms with Crippen molar-refractivity contribution in [1.82, 2.24) is 14.5 Å². The number of benzene rings is 1. The van der Waals surface area contributed by atoms with Crippen LogP contribution in [-0.2, 0) is 6.42 Å². The molecule has 26 heavy (non-hydrogen) atoms. The molecule has 0 radical (unpaired) electrons. The molecule has 2 fully saturated rings. The maximum absolute atomic E-state index is 12.0. The smallest absolute Gasteiger partial charge is 0.354 e. The lowest BCUT2D eigenvalue weighted by Gasteiger charge is -2.29. The van der Waals surface area contributed by atoms with E-state index in [0.717, 1.165) is 42.8 Å². The molecule has 1 aromatic heterocycles. The second kappa shape index (κ2) is 6.85. The molecule has 4 atom stereocenters. The summed E-state index contributed by atoms with van der Waals surface area (Å²) in [4.78, 5) is 18.4. The Morgan fingerprint density at radius 1 is 1.19 bits per heavy atom. The molecule has 1 aliphatic heterocycles. The van der Waals surface area contributed by atoms with E-state index in [0.29, 0.717) is 6.04 Å². The summed E-state index contributed by atoms with van der Waals surface area (Å²) >= 11 is 0. The molecule has 0 spiro atoms. The number of nitrogens with two attached hydrogens (primary N) is 2. The van der Waals surface area contributed by atoms with E-state index < -0.39 is 0 Å². The lowest BCUT2D eigenvalue weighted by molar-refractivity contribution is 0.201. The minimum Gasteiger partial charge on any atom is -0.383 e. The van der Waals surface area contributed by atoms with Gasteiger partial charge in [-0.3, -0.25) is 9.47 Å². The third-order valence-electron chi connectivity index (χ3n) is 6.17. The Hall–Kier alpha value is -2.18. The van der Waals surface area contributed by atoms with Gasteiger partial charge in [0, 0.05) is 25.3 Å². The molecule has 1 unspecified atom stereocenters. The van der Waals surface area contributed by atoms with Crippen LogP contribution < -0.4 is 17.2 Å². The number of nitrogen functional groups attached to an aromatic ring is 1. The summed E-state index contributed by atoms with van der Waals surface area (Å²) in [5.74, 6) is 2.69. The molecule has 1 aliphatic carbocycles. The number of nitrogens with zero attached hydrogens (tertiary/aromatic N) is 3. The monoisotopic (exact) mass is 353 g/mol. The van der Waals surface area contributed by atoms with Crippen molar-refractivity contribution in [1.29, 1.82) is 0 Å². The predicted molar refractivity (Wildman–Crippen MR) is 103 cm³/mol. The summed E-state index contributed by atoms with van der Waals surface area (Å²) in [6.45, 7) is 5.52. The molecule has 0 bridgehead atoms. The van der Waals surface area contributed by atoms with Crippen LogP contribution in [0.5, 0.6) is 0 Å². The van der Waals surface area contributed by atoms with Crippen molar-refractivity contribution in [3.05, 3.63) is 52.6 Å². The fourth-order valence-electron chi connectivity index (χ4n) is 4.54. The van der Waals surface area contributed by atoms with E-state index in [1.54, 1.807) is 12.3 Å². The summed E-state index contributed by atoms with van der Waals surface area (Å²) in [5.41, 5.74) is 13.1. The molecule has 1 saturated carbocycles. The molecular weight excluding hydrogens is 326 g/mol. The van der Waals surface area contributed by atoms with Crippen molar-refractivity contribution in [3.63, 3.8) is 0 Å². The zero-order valence-corrected chi connectivity index (χ0v) is 15.2. The number of rotatable bonds is 6. The van der Waals surface area contributed by atoms with Crippen molar-refractivity contribution < 1.29 is 0 Å². The highest BCUT2D eigenvalue weighted by Crippen LogP contribution is 2.51. The number of piperidine rings is 1. The van der Waals surface area contributed by atoms with Crippen LogP contribution in [0.15, 0.2) is 41.3 Å². The molecule has 138 valence electrons. The van der Waals surface area contributed by atoms with Gasteiger partial charge in [0.2, 0.25) is 0 Å². The number of hydrogen-bond acceptors (Lipinski definition) is 5. The summed E-state index contributed by atoms with van der Waals surface area (Å²) in [7, 11) is 0. The van der Waals surface area contributed by atoms with Crippen molar-refractivity contribution in [2.45, 2.75) is 25.8 Å². The summed E-state index contributed by atoms with van der Waals surface area (Å²) in [6.07, 6.45) is 3.85. The minimum atomic E-state index is -0.352. The van der Waals surface area contributed by atoms with Gasteiger partial charge in [-0.15, -0.1) is 0 Å². The van der Waals surface area contributed by atoms with E-state index in [1.165, 1.54) is 23.2 Å². The van der Waals surface area contributed by atoms with E-state index >= 15 is 0 Å². The fourth-order valence-corrected chi connectivity index (χ4v) is 4.54. The van der Waals surface area contributed by atoms with E-state index in [-0.39, 0.29) is 11.5 Å². The quantitative estimate of drug-likeness (QED) is 0.816. The molecule has 6 nitrogen and oxygen atoms in total. The molecule has 2 aliphatic rings. The Bertz CT molecular complexity index is 819. The highest BCUT2D eigenvalue weighted by Gasteiger charge is 2.55. The first-order chi connectivity index (χ1) is 12.6. The summed E-state index contributed by atoms with van der Waals surface area (Å²) in [5, 5.41) is 0. The van der Waals surface area contributed by atoms with Crippen molar-refractivity contribution in [3.8, 4) is 5.69 Å². The van der Waals surface area contributed by atoms with Crippen molar-refractivity contribution in [2.75, 3.05) is 25.4 Å². The van der Waals surface area contributed by atoms with Crippen LogP contribution in [0.3, 0.4) is 0 Å². The van der Waals surface area contributed by atoms with Crippen LogP contribution in [0.1, 0.15) is 18.9 Å². The second-order valence-corrected chi connectivity index (χ2v) is 7.62. The first-order valence-corrected chi connectivity index (χ1v) is 9.49. The Morgan fingerprint density at radius 3 is 2.46 bits per heavy atom. The van der Waals surface area contributed by atoms with Crippen LogP contribution in [0.4, 0.5) is 5.82 Å². The highest BCUT2D eigenvalue weighted by atomic mass is 16.1. The predicted octanol–water partition coefficient (Wildman–Crippen LogP) is 1.27. The Balaban J connectivity index is 1.43. The van der Waals surface area contributed by atoms with Gasteiger partial charge in [-0.25, -0.2) is 4.79 Å². The third-order valence-corrected chi connectivity index (χ3v) is 6.17. The first kappa shape index (κ1) is 17.2. The maximum atomic E-state index is 12.0. The van der Waals surface area contributed by atoms with Gasteiger partial charge >= 0.3 is 5.69 Å². The topological polar surface area (TPSA) is 90.2 Å². The van der Waals surface area contributed by atoms with Crippen LogP contribution in [0.25, 0.3) is 5.69 Å². The molecule has 2 aromatic rings. The van der Waals surface area contributed by atoms with Gasteiger partial charge in [-0.05, 0) is 60.9 Å². The lowest BCUT2D eigenvalue weighted by Crippen LogP contribution is -2.37. The number of anilines is 1. The number of hydrogen-bond donors (Lipinski definition) is 2. The van der Waals surface area contributed by atoms with Crippen LogP contribution in [0, 0.1) is 17.8 Å². The van der Waals surface area contributed by atoms with Crippen molar-refractivity contribution >= 4 is 5.82 Å². The zero-order chi connectivity index (χ0) is 18.3. The van der Waals surface area contributed by atoms with Crippen LogP contribution in [-0.4, -0.2) is 40.1 Å².